The molecule has 2 N–H and O–H groups in total. The number of hydrogen-bond donors (Lipinski definition) is 2. The lowest BCUT2D eigenvalue weighted by molar-refractivity contribution is 0.0948. The van der Waals surface area contributed by atoms with Crippen molar-refractivity contribution in [3.8, 4) is 0 Å². The molecule has 1 amide bonds. The van der Waals surface area contributed by atoms with Gasteiger partial charge in [0.2, 0.25) is 0 Å². The molecule has 2 heterocycles. The predicted molar refractivity (Wildman–Crippen MR) is 75.3 cm³/mol. The second-order valence-corrected chi connectivity index (χ2v) is 4.49. The van der Waals surface area contributed by atoms with Crippen LogP contribution in [0.1, 0.15) is 28.9 Å². The van der Waals surface area contributed by atoms with Gasteiger partial charge in [-0.25, -0.2) is 4.98 Å². The molecule has 0 unspecified atom stereocenters. The number of aromatic nitrogens is 2. The van der Waals surface area contributed by atoms with E-state index in [0.717, 1.165) is 16.9 Å². The Bertz CT molecular complexity index is 709. The Morgan fingerprint density at radius 1 is 1.35 bits per heavy atom. The highest BCUT2D eigenvalue weighted by atomic mass is 16.3. The smallest absolute Gasteiger partial charge is 0.255 e. The average Bonchev–Trinajstić information content (AvgIpc) is 3.10. The summed E-state index contributed by atoms with van der Waals surface area (Å²) in [5.41, 5.74) is 2.45. The van der Waals surface area contributed by atoms with Gasteiger partial charge in [0, 0.05) is 6.42 Å². The Morgan fingerprint density at radius 3 is 3.00 bits per heavy atom. The molecule has 0 aliphatic carbocycles. The number of hydrogen-bond acceptors (Lipinski definition) is 3. The fourth-order valence-corrected chi connectivity index (χ4v) is 2.17. The van der Waals surface area contributed by atoms with Crippen LogP contribution in [0.15, 0.2) is 41.0 Å². The first kappa shape index (κ1) is 12.5. The van der Waals surface area contributed by atoms with Gasteiger partial charge in [-0.1, -0.05) is 19.1 Å². The van der Waals surface area contributed by atoms with Crippen LogP contribution in [0.5, 0.6) is 0 Å². The van der Waals surface area contributed by atoms with Gasteiger partial charge in [-0.3, -0.25) is 4.79 Å². The number of furan rings is 1. The lowest BCUT2D eigenvalue weighted by atomic mass is 10.2. The zero-order valence-corrected chi connectivity index (χ0v) is 11.1. The van der Waals surface area contributed by atoms with Crippen LogP contribution in [0.4, 0.5) is 0 Å². The minimum absolute atomic E-state index is 0.143. The van der Waals surface area contributed by atoms with Gasteiger partial charge in [-0.2, -0.15) is 0 Å². The fraction of sp³-hybridized carbons (Fsp3) is 0.200. The van der Waals surface area contributed by atoms with Crippen LogP contribution in [0.2, 0.25) is 0 Å². The molecule has 3 rings (SSSR count). The van der Waals surface area contributed by atoms with Crippen molar-refractivity contribution >= 4 is 16.9 Å². The summed E-state index contributed by atoms with van der Waals surface area (Å²) in [4.78, 5) is 19.7. The lowest BCUT2D eigenvalue weighted by Gasteiger charge is -2.02. The molecule has 5 heteroatoms. The van der Waals surface area contributed by atoms with Gasteiger partial charge in [0.05, 0.1) is 29.4 Å². The summed E-state index contributed by atoms with van der Waals surface area (Å²) in [5, 5.41) is 2.84. The third-order valence-corrected chi connectivity index (χ3v) is 3.17. The van der Waals surface area contributed by atoms with Crippen LogP contribution in [-0.4, -0.2) is 15.9 Å². The highest BCUT2D eigenvalue weighted by Crippen LogP contribution is 2.12. The number of carbonyl (C=O) groups is 1. The Morgan fingerprint density at radius 2 is 2.20 bits per heavy atom. The summed E-state index contributed by atoms with van der Waals surface area (Å²) in [5.74, 6) is 1.30. The van der Waals surface area contributed by atoms with E-state index in [4.69, 9.17) is 4.42 Å². The second kappa shape index (κ2) is 5.21. The first-order valence-electron chi connectivity index (χ1n) is 6.56. The summed E-state index contributed by atoms with van der Waals surface area (Å²) in [6.45, 7) is 2.32. The van der Waals surface area contributed by atoms with Crippen LogP contribution in [-0.2, 0) is 13.0 Å². The van der Waals surface area contributed by atoms with E-state index in [1.54, 1.807) is 6.07 Å². The van der Waals surface area contributed by atoms with Gasteiger partial charge in [0.1, 0.15) is 11.6 Å². The van der Waals surface area contributed by atoms with E-state index >= 15 is 0 Å². The summed E-state index contributed by atoms with van der Waals surface area (Å²) in [7, 11) is 0. The number of rotatable bonds is 4. The molecule has 102 valence electrons. The van der Waals surface area contributed by atoms with Crippen LogP contribution in [0, 0.1) is 0 Å². The quantitative estimate of drug-likeness (QED) is 0.765. The first-order valence-corrected chi connectivity index (χ1v) is 6.56. The molecule has 2 aromatic heterocycles. The molecule has 0 fully saturated rings. The molecule has 0 saturated carbocycles. The standard InChI is InChI=1S/C15H15N3O2/c1-2-13-10(7-8-20-13)15(19)16-9-14-17-11-5-3-4-6-12(11)18-14/h3-8H,2,9H2,1H3,(H,16,19)(H,17,18). The predicted octanol–water partition coefficient (Wildman–Crippen LogP) is 2.65. The largest absolute Gasteiger partial charge is 0.469 e. The maximum Gasteiger partial charge on any atom is 0.255 e. The van der Waals surface area contributed by atoms with Gasteiger partial charge in [-0.15, -0.1) is 0 Å². The Kier molecular flexibility index (Phi) is 3.25. The van der Waals surface area contributed by atoms with Crippen molar-refractivity contribution in [1.82, 2.24) is 15.3 Å². The molecule has 20 heavy (non-hydrogen) atoms. The van der Waals surface area contributed by atoms with Crippen LogP contribution in [0.3, 0.4) is 0 Å². The molecule has 0 bridgehead atoms. The highest BCUT2D eigenvalue weighted by molar-refractivity contribution is 5.95. The first-order chi connectivity index (χ1) is 9.78. The summed E-state index contributed by atoms with van der Waals surface area (Å²) >= 11 is 0. The van der Waals surface area contributed by atoms with E-state index in [2.05, 4.69) is 15.3 Å². The summed E-state index contributed by atoms with van der Waals surface area (Å²) in [6, 6.07) is 9.46. The van der Waals surface area contributed by atoms with E-state index in [1.165, 1.54) is 6.26 Å². The Labute approximate surface area is 116 Å². The Balaban J connectivity index is 1.71. The number of nitrogens with zero attached hydrogens (tertiary/aromatic N) is 1. The summed E-state index contributed by atoms with van der Waals surface area (Å²) in [6.07, 6.45) is 2.23. The molecule has 3 aromatic rings. The molecule has 5 nitrogen and oxygen atoms in total. The van der Waals surface area contributed by atoms with Crippen LogP contribution in [0.25, 0.3) is 11.0 Å². The zero-order chi connectivity index (χ0) is 13.9. The molecule has 0 spiro atoms. The SMILES string of the molecule is CCc1occc1C(=O)NCc1nc2ccccc2[nH]1. The van der Waals surface area contributed by atoms with E-state index in [1.807, 2.05) is 31.2 Å². The number of amides is 1. The van der Waals surface area contributed by atoms with E-state index in [-0.39, 0.29) is 5.91 Å². The number of carbonyl (C=O) groups excluding carboxylic acids is 1. The van der Waals surface area contributed by atoms with E-state index < -0.39 is 0 Å². The number of imidazole rings is 1. The topological polar surface area (TPSA) is 70.9 Å². The average molecular weight is 269 g/mol. The molecule has 0 atom stereocenters. The zero-order valence-electron chi connectivity index (χ0n) is 11.1. The minimum Gasteiger partial charge on any atom is -0.469 e. The van der Waals surface area contributed by atoms with Crippen molar-refractivity contribution in [3.63, 3.8) is 0 Å². The van der Waals surface area contributed by atoms with Gasteiger partial charge in [0.15, 0.2) is 0 Å². The third-order valence-electron chi connectivity index (χ3n) is 3.17. The van der Waals surface area contributed by atoms with E-state index in [9.17, 15) is 4.79 Å². The third kappa shape index (κ3) is 2.30. The molecule has 1 aromatic carbocycles. The monoisotopic (exact) mass is 269 g/mol. The van der Waals surface area contributed by atoms with Gasteiger partial charge < -0.3 is 14.7 Å². The van der Waals surface area contributed by atoms with Gasteiger partial charge in [0.25, 0.3) is 5.91 Å². The van der Waals surface area contributed by atoms with Crippen molar-refractivity contribution in [2.75, 3.05) is 0 Å². The van der Waals surface area contributed by atoms with E-state index in [0.29, 0.717) is 24.3 Å². The molecule has 0 aliphatic heterocycles. The lowest BCUT2D eigenvalue weighted by Crippen LogP contribution is -2.23. The van der Waals surface area contributed by atoms with Crippen molar-refractivity contribution in [1.29, 1.82) is 0 Å². The van der Waals surface area contributed by atoms with Gasteiger partial charge >= 0.3 is 0 Å². The Hall–Kier alpha value is -2.56. The molecule has 0 radical (unpaired) electrons. The van der Waals surface area contributed by atoms with Crippen LogP contribution < -0.4 is 5.32 Å². The molecule has 0 saturated heterocycles. The maximum atomic E-state index is 12.1. The maximum absolute atomic E-state index is 12.1. The number of H-pyrrole nitrogens is 1. The number of aryl methyl sites for hydroxylation is 1. The number of benzene rings is 1. The normalized spacial score (nSPS) is 10.8. The van der Waals surface area contributed by atoms with Crippen molar-refractivity contribution in [2.45, 2.75) is 19.9 Å². The number of aromatic amines is 1. The minimum atomic E-state index is -0.143. The highest BCUT2D eigenvalue weighted by Gasteiger charge is 2.13. The van der Waals surface area contributed by atoms with Crippen molar-refractivity contribution in [2.24, 2.45) is 0 Å². The molecule has 0 aliphatic rings. The second-order valence-electron chi connectivity index (χ2n) is 4.49. The number of fused-ring (bicyclic) bond motifs is 1. The number of para-hydroxylation sites is 2. The van der Waals surface area contributed by atoms with Crippen LogP contribution >= 0.6 is 0 Å². The van der Waals surface area contributed by atoms with Crippen molar-refractivity contribution < 1.29 is 9.21 Å². The molecular weight excluding hydrogens is 254 g/mol. The molecular formula is C15H15N3O2. The number of nitrogens with one attached hydrogen (secondary N) is 2. The van der Waals surface area contributed by atoms with Crippen molar-refractivity contribution in [3.05, 3.63) is 53.7 Å². The summed E-state index contributed by atoms with van der Waals surface area (Å²) < 4.78 is 5.25. The van der Waals surface area contributed by atoms with Gasteiger partial charge in [-0.05, 0) is 18.2 Å². The fourth-order valence-electron chi connectivity index (χ4n) is 2.17.